The van der Waals surface area contributed by atoms with Crippen LogP contribution in [-0.2, 0) is 7.05 Å². The number of aryl methyl sites for hydroxylation is 1. The standard InChI is InChI=1S/C27H17NS.C15H14N2/c1-28-21-8-4-2-6-19(21)26-18-12-10-16-11-15-24-27(20-7-3-5-9-23(20)29-24)25(16)17(18)13-14-22(26)28;16-14(12-7-3-1-4-8-12)11-15(17)13-9-5-2-6-10-13/h2-15H,1H3;1-11,16H,17H2/b;15-11-,16-14?. The Kier molecular flexibility index (Phi) is 6.85. The molecule has 7 aromatic carbocycles. The van der Waals surface area contributed by atoms with Gasteiger partial charge in [0.2, 0.25) is 0 Å². The number of hydrogen-bond donors (Lipinski definition) is 2. The van der Waals surface area contributed by atoms with Crippen molar-refractivity contribution in [3.05, 3.63) is 163 Å². The Morgan fingerprint density at radius 2 is 1.15 bits per heavy atom. The molecule has 0 aliphatic heterocycles. The van der Waals surface area contributed by atoms with Crippen molar-refractivity contribution in [2.75, 3.05) is 0 Å². The third-order valence-corrected chi connectivity index (χ3v) is 10.0. The van der Waals surface area contributed by atoms with Crippen LogP contribution in [0.5, 0.6) is 0 Å². The van der Waals surface area contributed by atoms with Crippen molar-refractivity contribution in [1.29, 1.82) is 5.41 Å². The molecule has 3 nitrogen and oxygen atoms in total. The number of fused-ring (bicyclic) bond motifs is 11. The van der Waals surface area contributed by atoms with Crippen LogP contribution in [0.15, 0.2) is 152 Å². The zero-order chi connectivity index (χ0) is 31.2. The lowest BCUT2D eigenvalue weighted by molar-refractivity contribution is 1.01. The number of nitrogens with two attached hydrogens (primary N) is 1. The third-order valence-electron chi connectivity index (χ3n) is 8.89. The van der Waals surface area contributed by atoms with Crippen LogP contribution in [0.4, 0.5) is 0 Å². The number of allylic oxidation sites excluding steroid dienone is 1. The fraction of sp³-hybridized carbons (Fsp3) is 0.0238. The molecule has 0 saturated carbocycles. The summed E-state index contributed by atoms with van der Waals surface area (Å²) in [7, 11) is 2.17. The third kappa shape index (κ3) is 4.63. The van der Waals surface area contributed by atoms with E-state index >= 15 is 0 Å². The summed E-state index contributed by atoms with van der Waals surface area (Å²) in [6.07, 6.45) is 1.69. The van der Waals surface area contributed by atoms with Gasteiger partial charge in [0.05, 0.1) is 5.71 Å². The predicted molar refractivity (Wildman–Crippen MR) is 200 cm³/mol. The van der Waals surface area contributed by atoms with Gasteiger partial charge in [0.1, 0.15) is 0 Å². The number of thiophene rings is 1. The lowest BCUT2D eigenvalue weighted by atomic mass is 9.95. The van der Waals surface area contributed by atoms with Gasteiger partial charge in [0.15, 0.2) is 0 Å². The average Bonchev–Trinajstić information content (AvgIpc) is 3.64. The molecule has 0 radical (unpaired) electrons. The van der Waals surface area contributed by atoms with Crippen molar-refractivity contribution >= 4 is 86.3 Å². The smallest absolute Gasteiger partial charge is 0.0632 e. The van der Waals surface area contributed by atoms with Gasteiger partial charge in [0, 0.05) is 54.7 Å². The fourth-order valence-electron chi connectivity index (χ4n) is 6.67. The summed E-state index contributed by atoms with van der Waals surface area (Å²) in [5.41, 5.74) is 11.4. The summed E-state index contributed by atoms with van der Waals surface area (Å²) in [5, 5.41) is 18.8. The molecule has 3 N–H and O–H groups in total. The van der Waals surface area contributed by atoms with Gasteiger partial charge in [-0.25, -0.2) is 0 Å². The molecule has 0 fully saturated rings. The zero-order valence-electron chi connectivity index (χ0n) is 25.4. The molecule has 2 aromatic heterocycles. The minimum Gasteiger partial charge on any atom is -0.398 e. The Balaban J connectivity index is 0.000000158. The van der Waals surface area contributed by atoms with Crippen LogP contribution in [-0.4, -0.2) is 10.3 Å². The Hall–Kier alpha value is -5.71. The lowest BCUT2D eigenvalue weighted by Gasteiger charge is -2.08. The van der Waals surface area contributed by atoms with Gasteiger partial charge >= 0.3 is 0 Å². The maximum Gasteiger partial charge on any atom is 0.0632 e. The minimum absolute atomic E-state index is 0.423. The molecule has 0 bridgehead atoms. The van der Waals surface area contributed by atoms with Crippen LogP contribution in [0.1, 0.15) is 11.1 Å². The van der Waals surface area contributed by atoms with E-state index in [4.69, 9.17) is 11.1 Å². The molecular formula is C42H31N3S. The predicted octanol–water partition coefficient (Wildman–Crippen LogP) is 11.1. The van der Waals surface area contributed by atoms with Gasteiger partial charge < -0.3 is 15.7 Å². The summed E-state index contributed by atoms with van der Waals surface area (Å²) in [5.74, 6) is 0. The second-order valence-corrected chi connectivity index (χ2v) is 12.7. The van der Waals surface area contributed by atoms with Gasteiger partial charge in [0.25, 0.3) is 0 Å². The number of benzene rings is 7. The molecule has 4 heteroatoms. The zero-order valence-corrected chi connectivity index (χ0v) is 26.2. The van der Waals surface area contributed by atoms with Crippen LogP contribution >= 0.6 is 11.3 Å². The molecule has 0 saturated heterocycles. The highest BCUT2D eigenvalue weighted by atomic mass is 32.1. The quantitative estimate of drug-likeness (QED) is 0.152. The molecule has 220 valence electrons. The van der Waals surface area contributed by atoms with Crippen LogP contribution < -0.4 is 5.73 Å². The van der Waals surface area contributed by atoms with Crippen molar-refractivity contribution in [2.24, 2.45) is 12.8 Å². The van der Waals surface area contributed by atoms with Gasteiger partial charge in [-0.15, -0.1) is 11.3 Å². The highest BCUT2D eigenvalue weighted by Gasteiger charge is 2.15. The lowest BCUT2D eigenvalue weighted by Crippen LogP contribution is -2.02. The number of nitrogens with zero attached hydrogens (tertiary/aromatic N) is 1. The average molecular weight is 610 g/mol. The maximum atomic E-state index is 7.95. The molecule has 9 aromatic rings. The molecule has 9 rings (SSSR count). The molecule has 0 amide bonds. The maximum absolute atomic E-state index is 7.95. The van der Waals surface area contributed by atoms with E-state index in [0.717, 1.165) is 11.1 Å². The molecule has 0 aliphatic rings. The van der Waals surface area contributed by atoms with Crippen molar-refractivity contribution in [2.45, 2.75) is 0 Å². The summed E-state index contributed by atoms with van der Waals surface area (Å²) in [4.78, 5) is 0. The van der Waals surface area contributed by atoms with E-state index in [2.05, 4.69) is 96.5 Å². The summed E-state index contributed by atoms with van der Waals surface area (Å²) >= 11 is 1.89. The first kappa shape index (κ1) is 27.8. The monoisotopic (exact) mass is 609 g/mol. The first-order valence-electron chi connectivity index (χ1n) is 15.4. The van der Waals surface area contributed by atoms with Crippen LogP contribution in [0.3, 0.4) is 0 Å². The molecule has 46 heavy (non-hydrogen) atoms. The molecule has 0 spiro atoms. The molecule has 0 unspecified atom stereocenters. The van der Waals surface area contributed by atoms with Crippen LogP contribution in [0.2, 0.25) is 0 Å². The summed E-state index contributed by atoms with van der Waals surface area (Å²) in [6.45, 7) is 0. The first-order chi connectivity index (χ1) is 22.6. The van der Waals surface area contributed by atoms with E-state index < -0.39 is 0 Å². The van der Waals surface area contributed by atoms with Crippen molar-refractivity contribution < 1.29 is 0 Å². The number of rotatable bonds is 3. The molecular weight excluding hydrogens is 579 g/mol. The van der Waals surface area contributed by atoms with E-state index in [9.17, 15) is 0 Å². The Labute approximate surface area is 270 Å². The SMILES string of the molecule is Cn1c2ccccc2c2c3ccc4ccc5sc6ccccc6c5c4c3ccc21.N=C(/C=C(\N)c1ccccc1)c1ccccc1. The Bertz CT molecular complexity index is 2610. The topological polar surface area (TPSA) is 54.8 Å². The summed E-state index contributed by atoms with van der Waals surface area (Å²) in [6, 6.07) is 50.6. The minimum atomic E-state index is 0.423. The van der Waals surface area contributed by atoms with E-state index in [1.807, 2.05) is 72.0 Å². The van der Waals surface area contributed by atoms with Gasteiger partial charge in [-0.1, -0.05) is 121 Å². The van der Waals surface area contributed by atoms with E-state index in [1.54, 1.807) is 6.08 Å². The largest absolute Gasteiger partial charge is 0.398 e. The van der Waals surface area contributed by atoms with Crippen molar-refractivity contribution in [1.82, 2.24) is 4.57 Å². The van der Waals surface area contributed by atoms with Gasteiger partial charge in [-0.2, -0.15) is 0 Å². The molecule has 2 heterocycles. The fourth-order valence-corrected chi connectivity index (χ4v) is 7.79. The summed E-state index contributed by atoms with van der Waals surface area (Å²) < 4.78 is 5.04. The highest BCUT2D eigenvalue weighted by molar-refractivity contribution is 7.26. The number of aromatic nitrogens is 1. The number of hydrogen-bond acceptors (Lipinski definition) is 3. The second kappa shape index (κ2) is 11.3. The number of nitrogens with one attached hydrogen (secondary N) is 1. The van der Waals surface area contributed by atoms with Crippen LogP contribution in [0, 0.1) is 5.41 Å². The van der Waals surface area contributed by atoms with E-state index in [1.165, 1.54) is 63.5 Å². The van der Waals surface area contributed by atoms with E-state index in [-0.39, 0.29) is 0 Å². The second-order valence-electron chi connectivity index (χ2n) is 11.6. The van der Waals surface area contributed by atoms with Gasteiger partial charge in [-0.05, 0) is 63.0 Å². The molecule has 0 aliphatic carbocycles. The van der Waals surface area contributed by atoms with Crippen LogP contribution in [0.25, 0.3) is 69.2 Å². The highest BCUT2D eigenvalue weighted by Crippen LogP contribution is 2.43. The van der Waals surface area contributed by atoms with Crippen molar-refractivity contribution in [3.63, 3.8) is 0 Å². The van der Waals surface area contributed by atoms with E-state index in [0.29, 0.717) is 11.4 Å². The Morgan fingerprint density at radius 1 is 0.543 bits per heavy atom. The van der Waals surface area contributed by atoms with Gasteiger partial charge in [-0.3, -0.25) is 0 Å². The first-order valence-corrected chi connectivity index (χ1v) is 16.2. The Morgan fingerprint density at radius 3 is 1.93 bits per heavy atom. The number of para-hydroxylation sites is 1. The van der Waals surface area contributed by atoms with Crippen molar-refractivity contribution in [3.8, 4) is 0 Å². The normalized spacial score (nSPS) is 11.9. The molecule has 0 atom stereocenters.